The molecule has 96 valence electrons. The normalized spacial score (nSPS) is 13.9. The van der Waals surface area contributed by atoms with Gasteiger partial charge in [0.1, 0.15) is 0 Å². The van der Waals surface area contributed by atoms with Crippen molar-refractivity contribution in [3.05, 3.63) is 0 Å². The fraction of sp³-hybridized carbons (Fsp3) is 0.917. The van der Waals surface area contributed by atoms with Gasteiger partial charge in [0.25, 0.3) is 0 Å². The van der Waals surface area contributed by atoms with E-state index in [9.17, 15) is 4.79 Å². The highest BCUT2D eigenvalue weighted by Gasteiger charge is 2.21. The smallest absolute Gasteiger partial charge is 0.306 e. The number of hydrogen-bond acceptors (Lipinski definition) is 4. The van der Waals surface area contributed by atoms with Gasteiger partial charge >= 0.3 is 5.97 Å². The van der Waals surface area contributed by atoms with Crippen LogP contribution in [0.15, 0.2) is 0 Å². The summed E-state index contributed by atoms with van der Waals surface area (Å²) in [6.45, 7) is 10.00. The highest BCUT2D eigenvalue weighted by molar-refractivity contribution is 5.69. The molecular formula is C12H25NO3. The molecule has 0 saturated heterocycles. The van der Waals surface area contributed by atoms with Crippen LogP contribution in [-0.2, 0) is 14.3 Å². The molecule has 0 radical (unpaired) electrons. The molecule has 0 aromatic rings. The second kappa shape index (κ2) is 6.86. The number of carbonyl (C=O) groups is 1. The van der Waals surface area contributed by atoms with Gasteiger partial charge in [0.15, 0.2) is 0 Å². The summed E-state index contributed by atoms with van der Waals surface area (Å²) >= 11 is 0. The first-order valence-electron chi connectivity index (χ1n) is 5.82. The first kappa shape index (κ1) is 15.4. The molecule has 1 unspecified atom stereocenters. The molecule has 0 aliphatic heterocycles. The SMILES string of the molecule is CC(N)COC(C)(C)CCC(=O)OC(C)C. The summed E-state index contributed by atoms with van der Waals surface area (Å²) in [5.74, 6) is -0.174. The van der Waals surface area contributed by atoms with E-state index in [1.165, 1.54) is 0 Å². The summed E-state index contributed by atoms with van der Waals surface area (Å²) in [6, 6.07) is 0.0156. The van der Waals surface area contributed by atoms with E-state index in [0.717, 1.165) is 0 Å². The highest BCUT2D eigenvalue weighted by Crippen LogP contribution is 2.17. The molecular weight excluding hydrogens is 206 g/mol. The lowest BCUT2D eigenvalue weighted by atomic mass is 10.0. The second-order valence-corrected chi connectivity index (χ2v) is 5.09. The molecule has 4 heteroatoms. The third-order valence-electron chi connectivity index (χ3n) is 2.04. The zero-order chi connectivity index (χ0) is 12.8. The molecule has 0 spiro atoms. The van der Waals surface area contributed by atoms with Crippen LogP contribution >= 0.6 is 0 Å². The Morgan fingerprint density at radius 2 is 1.88 bits per heavy atom. The van der Waals surface area contributed by atoms with Crippen LogP contribution < -0.4 is 5.73 Å². The molecule has 0 aliphatic rings. The Morgan fingerprint density at radius 1 is 1.31 bits per heavy atom. The Kier molecular flexibility index (Phi) is 6.60. The summed E-state index contributed by atoms with van der Waals surface area (Å²) in [5.41, 5.74) is 5.28. The van der Waals surface area contributed by atoms with Crippen LogP contribution in [0.3, 0.4) is 0 Å². The van der Waals surface area contributed by atoms with Crippen LogP contribution in [-0.4, -0.2) is 30.3 Å². The number of hydrogen-bond donors (Lipinski definition) is 1. The second-order valence-electron chi connectivity index (χ2n) is 5.09. The molecule has 16 heavy (non-hydrogen) atoms. The maximum atomic E-state index is 11.3. The summed E-state index contributed by atoms with van der Waals surface area (Å²) in [7, 11) is 0. The van der Waals surface area contributed by atoms with E-state index in [1.54, 1.807) is 0 Å². The number of ether oxygens (including phenoxy) is 2. The van der Waals surface area contributed by atoms with Gasteiger partial charge in [-0.2, -0.15) is 0 Å². The maximum absolute atomic E-state index is 11.3. The molecule has 2 N–H and O–H groups in total. The minimum Gasteiger partial charge on any atom is -0.463 e. The number of nitrogens with two attached hydrogens (primary N) is 1. The van der Waals surface area contributed by atoms with Crippen molar-refractivity contribution >= 4 is 5.97 Å². The largest absolute Gasteiger partial charge is 0.463 e. The van der Waals surface area contributed by atoms with E-state index in [2.05, 4.69) is 0 Å². The number of carbonyl (C=O) groups excluding carboxylic acids is 1. The van der Waals surface area contributed by atoms with Crippen molar-refractivity contribution in [1.29, 1.82) is 0 Å². The van der Waals surface area contributed by atoms with Crippen molar-refractivity contribution in [2.24, 2.45) is 5.73 Å². The Labute approximate surface area is 98.5 Å². The van der Waals surface area contributed by atoms with Gasteiger partial charge in [-0.05, 0) is 41.0 Å². The van der Waals surface area contributed by atoms with Gasteiger partial charge in [-0.15, -0.1) is 0 Å². The predicted octanol–water partition coefficient (Wildman–Crippen LogP) is 1.86. The van der Waals surface area contributed by atoms with Gasteiger partial charge in [0.05, 0.1) is 18.3 Å². The van der Waals surface area contributed by atoms with Crippen LogP contribution in [0.2, 0.25) is 0 Å². The van der Waals surface area contributed by atoms with Gasteiger partial charge < -0.3 is 15.2 Å². The van der Waals surface area contributed by atoms with Crippen molar-refractivity contribution in [2.45, 2.75) is 65.2 Å². The van der Waals surface area contributed by atoms with Crippen LogP contribution in [0.25, 0.3) is 0 Å². The van der Waals surface area contributed by atoms with E-state index in [-0.39, 0.29) is 23.7 Å². The fourth-order valence-electron chi connectivity index (χ4n) is 1.15. The van der Waals surface area contributed by atoms with Crippen molar-refractivity contribution in [2.75, 3.05) is 6.61 Å². The van der Waals surface area contributed by atoms with Crippen LogP contribution in [0.1, 0.15) is 47.5 Å². The fourth-order valence-corrected chi connectivity index (χ4v) is 1.15. The summed E-state index contributed by atoms with van der Waals surface area (Å²) in [5, 5.41) is 0. The number of rotatable bonds is 7. The number of esters is 1. The summed E-state index contributed by atoms with van der Waals surface area (Å²) in [4.78, 5) is 11.3. The van der Waals surface area contributed by atoms with Crippen LogP contribution in [0.4, 0.5) is 0 Å². The topological polar surface area (TPSA) is 61.5 Å². The Morgan fingerprint density at radius 3 is 2.31 bits per heavy atom. The molecule has 4 nitrogen and oxygen atoms in total. The Balaban J connectivity index is 3.84. The van der Waals surface area contributed by atoms with Crippen molar-refractivity contribution in [3.63, 3.8) is 0 Å². The summed E-state index contributed by atoms with van der Waals surface area (Å²) < 4.78 is 10.7. The average Bonchev–Trinajstić information content (AvgIpc) is 2.11. The van der Waals surface area contributed by atoms with Crippen LogP contribution in [0.5, 0.6) is 0 Å². The highest BCUT2D eigenvalue weighted by atomic mass is 16.5. The van der Waals surface area contributed by atoms with Gasteiger partial charge in [-0.3, -0.25) is 4.79 Å². The Hall–Kier alpha value is -0.610. The van der Waals surface area contributed by atoms with E-state index in [4.69, 9.17) is 15.2 Å². The molecule has 1 atom stereocenters. The lowest BCUT2D eigenvalue weighted by Gasteiger charge is -2.26. The molecule has 0 rings (SSSR count). The van der Waals surface area contributed by atoms with E-state index in [0.29, 0.717) is 19.4 Å². The van der Waals surface area contributed by atoms with Crippen molar-refractivity contribution in [3.8, 4) is 0 Å². The molecule has 0 saturated carbocycles. The van der Waals surface area contributed by atoms with Gasteiger partial charge in [0, 0.05) is 12.5 Å². The molecule has 0 amide bonds. The first-order valence-corrected chi connectivity index (χ1v) is 5.82. The quantitative estimate of drug-likeness (QED) is 0.679. The van der Waals surface area contributed by atoms with E-state index in [1.807, 2.05) is 34.6 Å². The molecule has 0 heterocycles. The first-order chi connectivity index (χ1) is 7.23. The molecule has 0 aliphatic carbocycles. The standard InChI is InChI=1S/C12H25NO3/c1-9(2)16-11(14)6-7-12(4,5)15-8-10(3)13/h9-10H,6-8,13H2,1-5H3. The lowest BCUT2D eigenvalue weighted by molar-refractivity contribution is -0.149. The van der Waals surface area contributed by atoms with Gasteiger partial charge in [-0.1, -0.05) is 0 Å². The van der Waals surface area contributed by atoms with Gasteiger partial charge in [0.2, 0.25) is 0 Å². The van der Waals surface area contributed by atoms with Crippen molar-refractivity contribution in [1.82, 2.24) is 0 Å². The average molecular weight is 231 g/mol. The minimum absolute atomic E-state index is 0.0156. The third kappa shape index (κ3) is 8.68. The summed E-state index contributed by atoms with van der Waals surface area (Å²) in [6.07, 6.45) is 0.968. The molecule has 0 bridgehead atoms. The van der Waals surface area contributed by atoms with E-state index < -0.39 is 0 Å². The predicted molar refractivity (Wildman–Crippen MR) is 64.1 cm³/mol. The Bertz CT molecular complexity index is 212. The van der Waals surface area contributed by atoms with Gasteiger partial charge in [-0.25, -0.2) is 0 Å². The third-order valence-corrected chi connectivity index (χ3v) is 2.04. The lowest BCUT2D eigenvalue weighted by Crippen LogP contribution is -2.32. The van der Waals surface area contributed by atoms with Crippen LogP contribution in [0, 0.1) is 0 Å². The maximum Gasteiger partial charge on any atom is 0.306 e. The zero-order valence-corrected chi connectivity index (χ0v) is 11.1. The molecule has 0 aromatic carbocycles. The molecule has 0 fully saturated rings. The molecule has 0 aromatic heterocycles. The monoisotopic (exact) mass is 231 g/mol. The van der Waals surface area contributed by atoms with Crippen molar-refractivity contribution < 1.29 is 14.3 Å². The zero-order valence-electron chi connectivity index (χ0n) is 11.1. The van der Waals surface area contributed by atoms with E-state index >= 15 is 0 Å². The minimum atomic E-state index is -0.330.